The van der Waals surface area contributed by atoms with Crippen LogP contribution >= 0.6 is 0 Å². The average molecular weight is 249 g/mol. The molecule has 0 bridgehead atoms. The van der Waals surface area contributed by atoms with Crippen molar-refractivity contribution in [3.05, 3.63) is 35.9 Å². The van der Waals surface area contributed by atoms with Crippen LogP contribution in [0.1, 0.15) is 44.7 Å². The Balaban J connectivity index is 2.51. The lowest BCUT2D eigenvalue weighted by Gasteiger charge is -2.21. The second kappa shape index (κ2) is 9.12. The summed E-state index contributed by atoms with van der Waals surface area (Å²) in [7, 11) is 1.78. The summed E-state index contributed by atoms with van der Waals surface area (Å²) in [4.78, 5) is 0. The van der Waals surface area contributed by atoms with E-state index in [1.807, 2.05) is 0 Å². The molecule has 0 aliphatic rings. The zero-order valence-electron chi connectivity index (χ0n) is 12.0. The van der Waals surface area contributed by atoms with Crippen LogP contribution in [0.15, 0.2) is 30.3 Å². The second-order valence-electron chi connectivity index (χ2n) is 5.06. The van der Waals surface area contributed by atoms with Gasteiger partial charge in [-0.25, -0.2) is 0 Å². The fraction of sp³-hybridized carbons (Fsp3) is 0.625. The van der Waals surface area contributed by atoms with Gasteiger partial charge in [-0.1, -0.05) is 44.2 Å². The van der Waals surface area contributed by atoms with Crippen LogP contribution in [0.2, 0.25) is 0 Å². The van der Waals surface area contributed by atoms with Gasteiger partial charge in [0, 0.05) is 19.8 Å². The van der Waals surface area contributed by atoms with E-state index in [0.29, 0.717) is 12.0 Å². The lowest BCUT2D eigenvalue weighted by atomic mass is 9.97. The minimum absolute atomic E-state index is 0.477. The van der Waals surface area contributed by atoms with Crippen molar-refractivity contribution in [2.24, 2.45) is 5.92 Å². The molecule has 0 radical (unpaired) electrons. The van der Waals surface area contributed by atoms with Gasteiger partial charge in [0.15, 0.2) is 0 Å². The van der Waals surface area contributed by atoms with E-state index in [2.05, 4.69) is 49.5 Å². The predicted molar refractivity (Wildman–Crippen MR) is 77.8 cm³/mol. The SMILES string of the molecule is CCCNC(CCC(C)COC)c1ccccc1. The normalized spacial score (nSPS) is 14.4. The first-order valence-electron chi connectivity index (χ1n) is 7.05. The molecule has 18 heavy (non-hydrogen) atoms. The number of nitrogens with one attached hydrogen (secondary N) is 1. The lowest BCUT2D eigenvalue weighted by Crippen LogP contribution is -2.23. The zero-order valence-corrected chi connectivity index (χ0v) is 12.0. The van der Waals surface area contributed by atoms with E-state index in [1.54, 1.807) is 7.11 Å². The van der Waals surface area contributed by atoms with Gasteiger partial charge in [0.25, 0.3) is 0 Å². The van der Waals surface area contributed by atoms with Crippen molar-refractivity contribution in [3.8, 4) is 0 Å². The van der Waals surface area contributed by atoms with Gasteiger partial charge in [0.2, 0.25) is 0 Å². The number of hydrogen-bond acceptors (Lipinski definition) is 2. The molecule has 0 fully saturated rings. The van der Waals surface area contributed by atoms with Crippen molar-refractivity contribution in [1.82, 2.24) is 5.32 Å². The van der Waals surface area contributed by atoms with Crippen LogP contribution in [-0.2, 0) is 4.74 Å². The van der Waals surface area contributed by atoms with Crippen LogP contribution in [-0.4, -0.2) is 20.3 Å². The average Bonchev–Trinajstić information content (AvgIpc) is 2.40. The molecule has 1 aromatic carbocycles. The Kier molecular flexibility index (Phi) is 7.70. The van der Waals surface area contributed by atoms with Crippen molar-refractivity contribution in [2.45, 2.75) is 39.2 Å². The molecule has 102 valence electrons. The van der Waals surface area contributed by atoms with Crippen LogP contribution in [0.25, 0.3) is 0 Å². The number of hydrogen-bond donors (Lipinski definition) is 1. The molecule has 2 atom stereocenters. The number of rotatable bonds is 9. The minimum atomic E-state index is 0.477. The molecule has 0 aliphatic carbocycles. The van der Waals surface area contributed by atoms with Gasteiger partial charge < -0.3 is 10.1 Å². The quantitative estimate of drug-likeness (QED) is 0.719. The second-order valence-corrected chi connectivity index (χ2v) is 5.06. The molecule has 0 saturated carbocycles. The first kappa shape index (κ1) is 15.2. The summed E-state index contributed by atoms with van der Waals surface area (Å²) < 4.78 is 5.20. The summed E-state index contributed by atoms with van der Waals surface area (Å²) in [5.41, 5.74) is 1.40. The van der Waals surface area contributed by atoms with Crippen molar-refractivity contribution >= 4 is 0 Å². The maximum Gasteiger partial charge on any atom is 0.0487 e. The maximum atomic E-state index is 5.20. The Morgan fingerprint density at radius 3 is 2.50 bits per heavy atom. The van der Waals surface area contributed by atoms with Crippen molar-refractivity contribution in [1.29, 1.82) is 0 Å². The fourth-order valence-corrected chi connectivity index (χ4v) is 2.21. The van der Waals surface area contributed by atoms with Gasteiger partial charge >= 0.3 is 0 Å². The third-order valence-electron chi connectivity index (χ3n) is 3.24. The Hall–Kier alpha value is -0.860. The van der Waals surface area contributed by atoms with E-state index in [4.69, 9.17) is 4.74 Å². The lowest BCUT2D eigenvalue weighted by molar-refractivity contribution is 0.152. The van der Waals surface area contributed by atoms with Gasteiger partial charge in [0.05, 0.1) is 0 Å². The smallest absolute Gasteiger partial charge is 0.0487 e. The molecule has 1 rings (SSSR count). The highest BCUT2D eigenvalue weighted by atomic mass is 16.5. The molecule has 0 aliphatic heterocycles. The third kappa shape index (κ3) is 5.65. The Bertz CT molecular complexity index is 299. The molecule has 1 aromatic rings. The van der Waals surface area contributed by atoms with E-state index < -0.39 is 0 Å². The molecular formula is C16H27NO. The van der Waals surface area contributed by atoms with E-state index in [1.165, 1.54) is 24.8 Å². The molecule has 0 amide bonds. The van der Waals surface area contributed by atoms with Gasteiger partial charge in [-0.05, 0) is 37.3 Å². The molecule has 0 aromatic heterocycles. The molecule has 0 heterocycles. The number of methoxy groups -OCH3 is 1. The summed E-state index contributed by atoms with van der Waals surface area (Å²) in [6.07, 6.45) is 3.55. The van der Waals surface area contributed by atoms with Gasteiger partial charge in [-0.15, -0.1) is 0 Å². The fourth-order valence-electron chi connectivity index (χ4n) is 2.21. The van der Waals surface area contributed by atoms with Crippen LogP contribution in [0.4, 0.5) is 0 Å². The van der Waals surface area contributed by atoms with E-state index in [9.17, 15) is 0 Å². The molecular weight excluding hydrogens is 222 g/mol. The van der Waals surface area contributed by atoms with Crippen LogP contribution in [0, 0.1) is 5.92 Å². The molecule has 2 nitrogen and oxygen atoms in total. The molecule has 0 saturated heterocycles. The molecule has 0 spiro atoms. The summed E-state index contributed by atoms with van der Waals surface area (Å²) in [6.45, 7) is 6.40. The van der Waals surface area contributed by atoms with Crippen molar-refractivity contribution < 1.29 is 4.74 Å². The Morgan fingerprint density at radius 1 is 1.17 bits per heavy atom. The van der Waals surface area contributed by atoms with Crippen molar-refractivity contribution in [2.75, 3.05) is 20.3 Å². The Morgan fingerprint density at radius 2 is 1.89 bits per heavy atom. The van der Waals surface area contributed by atoms with Crippen molar-refractivity contribution in [3.63, 3.8) is 0 Å². The predicted octanol–water partition coefficient (Wildman–Crippen LogP) is 3.79. The molecule has 2 heteroatoms. The van der Waals surface area contributed by atoms with Crippen LogP contribution in [0.5, 0.6) is 0 Å². The summed E-state index contributed by atoms with van der Waals surface area (Å²) in [5.74, 6) is 0.629. The monoisotopic (exact) mass is 249 g/mol. The highest BCUT2D eigenvalue weighted by molar-refractivity contribution is 5.18. The number of benzene rings is 1. The van der Waals surface area contributed by atoms with Gasteiger partial charge in [-0.3, -0.25) is 0 Å². The number of ether oxygens (including phenoxy) is 1. The first-order chi connectivity index (χ1) is 8.77. The minimum Gasteiger partial charge on any atom is -0.384 e. The molecule has 2 unspecified atom stereocenters. The Labute approximate surface area is 112 Å². The van der Waals surface area contributed by atoms with E-state index >= 15 is 0 Å². The third-order valence-corrected chi connectivity index (χ3v) is 3.24. The molecule has 1 N–H and O–H groups in total. The van der Waals surface area contributed by atoms with E-state index in [-0.39, 0.29) is 0 Å². The highest BCUT2D eigenvalue weighted by Gasteiger charge is 2.12. The van der Waals surface area contributed by atoms with E-state index in [0.717, 1.165) is 13.2 Å². The summed E-state index contributed by atoms with van der Waals surface area (Å²) >= 11 is 0. The highest BCUT2D eigenvalue weighted by Crippen LogP contribution is 2.21. The van der Waals surface area contributed by atoms with Crippen LogP contribution < -0.4 is 5.32 Å². The zero-order chi connectivity index (χ0) is 13.2. The van der Waals surface area contributed by atoms with Crippen LogP contribution in [0.3, 0.4) is 0 Å². The van der Waals surface area contributed by atoms with Gasteiger partial charge in [-0.2, -0.15) is 0 Å². The largest absolute Gasteiger partial charge is 0.384 e. The van der Waals surface area contributed by atoms with Gasteiger partial charge in [0.1, 0.15) is 0 Å². The topological polar surface area (TPSA) is 21.3 Å². The summed E-state index contributed by atoms with van der Waals surface area (Å²) in [6, 6.07) is 11.2. The first-order valence-corrected chi connectivity index (χ1v) is 7.05. The summed E-state index contributed by atoms with van der Waals surface area (Å²) in [5, 5.41) is 3.64. The standard InChI is InChI=1S/C16H27NO/c1-4-12-17-16(11-10-14(2)13-18-3)15-8-6-5-7-9-15/h5-9,14,16-17H,4,10-13H2,1-3H3. The maximum absolute atomic E-state index is 5.20.